The van der Waals surface area contributed by atoms with Gasteiger partial charge in [0, 0.05) is 10.0 Å². The minimum Gasteiger partial charge on any atom is -0.495 e. The van der Waals surface area contributed by atoms with Crippen molar-refractivity contribution >= 4 is 33.3 Å². The van der Waals surface area contributed by atoms with Crippen LogP contribution in [0.3, 0.4) is 0 Å². The molecule has 2 rings (SSSR count). The first-order valence-corrected chi connectivity index (χ1v) is 7.40. The molecule has 112 valence electrons. The highest BCUT2D eigenvalue weighted by Crippen LogP contribution is 2.32. The van der Waals surface area contributed by atoms with Crippen molar-refractivity contribution in [2.45, 2.75) is 19.8 Å². The standard InChI is InChI=1S/C14H18BrN5O/c1-3-4-10-13(17-8-18-14(10)20-16)19-11-7-9(15)5-6-12(11)21-2/h5-8H,3-4,16H2,1-2H3,(H2,17,18,19,20). The van der Waals surface area contributed by atoms with Gasteiger partial charge in [-0.15, -0.1) is 0 Å². The van der Waals surface area contributed by atoms with Crippen molar-refractivity contribution in [3.8, 4) is 5.75 Å². The van der Waals surface area contributed by atoms with Gasteiger partial charge in [0.15, 0.2) is 0 Å². The third kappa shape index (κ3) is 3.62. The molecule has 1 heterocycles. The van der Waals surface area contributed by atoms with E-state index in [1.54, 1.807) is 7.11 Å². The zero-order valence-electron chi connectivity index (χ0n) is 12.0. The molecule has 2 aromatic rings. The van der Waals surface area contributed by atoms with Crippen LogP contribution >= 0.6 is 15.9 Å². The lowest BCUT2D eigenvalue weighted by Gasteiger charge is -2.15. The molecule has 6 nitrogen and oxygen atoms in total. The number of nitrogen functional groups attached to an aromatic ring is 1. The van der Waals surface area contributed by atoms with E-state index in [1.165, 1.54) is 6.33 Å². The largest absolute Gasteiger partial charge is 0.495 e. The minimum absolute atomic E-state index is 0.628. The molecule has 0 aliphatic rings. The van der Waals surface area contributed by atoms with E-state index in [1.807, 2.05) is 18.2 Å². The van der Waals surface area contributed by atoms with Gasteiger partial charge in [0.1, 0.15) is 23.7 Å². The minimum atomic E-state index is 0.628. The number of methoxy groups -OCH3 is 1. The van der Waals surface area contributed by atoms with E-state index in [2.05, 4.69) is 43.6 Å². The monoisotopic (exact) mass is 351 g/mol. The maximum atomic E-state index is 5.52. The third-order valence-electron chi connectivity index (χ3n) is 3.00. The van der Waals surface area contributed by atoms with Crippen LogP contribution in [0.1, 0.15) is 18.9 Å². The summed E-state index contributed by atoms with van der Waals surface area (Å²) in [5.41, 5.74) is 4.39. The summed E-state index contributed by atoms with van der Waals surface area (Å²) in [7, 11) is 1.63. The van der Waals surface area contributed by atoms with Crippen LogP contribution in [0.2, 0.25) is 0 Å². The highest BCUT2D eigenvalue weighted by Gasteiger charge is 2.12. The number of hydrazine groups is 1. The van der Waals surface area contributed by atoms with Crippen LogP contribution in [0, 0.1) is 0 Å². The number of aromatic nitrogens is 2. The van der Waals surface area contributed by atoms with Crippen molar-refractivity contribution in [3.05, 3.63) is 34.6 Å². The van der Waals surface area contributed by atoms with Gasteiger partial charge in [0.25, 0.3) is 0 Å². The van der Waals surface area contributed by atoms with E-state index >= 15 is 0 Å². The van der Waals surface area contributed by atoms with Crippen LogP contribution in [0.25, 0.3) is 0 Å². The van der Waals surface area contributed by atoms with Crippen molar-refractivity contribution in [1.82, 2.24) is 9.97 Å². The second-order valence-corrected chi connectivity index (χ2v) is 5.33. The Morgan fingerprint density at radius 1 is 1.29 bits per heavy atom. The zero-order chi connectivity index (χ0) is 15.2. The van der Waals surface area contributed by atoms with Crippen molar-refractivity contribution in [3.63, 3.8) is 0 Å². The van der Waals surface area contributed by atoms with Gasteiger partial charge in [-0.1, -0.05) is 29.3 Å². The predicted octanol–water partition coefficient (Wildman–Crippen LogP) is 3.23. The molecule has 4 N–H and O–H groups in total. The van der Waals surface area contributed by atoms with Gasteiger partial charge in [0.05, 0.1) is 12.8 Å². The molecule has 0 atom stereocenters. The molecule has 0 fully saturated rings. The Kier molecular flexibility index (Phi) is 5.35. The van der Waals surface area contributed by atoms with Gasteiger partial charge >= 0.3 is 0 Å². The Morgan fingerprint density at radius 3 is 2.71 bits per heavy atom. The van der Waals surface area contributed by atoms with Crippen LogP contribution in [-0.2, 0) is 6.42 Å². The van der Waals surface area contributed by atoms with E-state index in [4.69, 9.17) is 10.6 Å². The van der Waals surface area contributed by atoms with E-state index in [0.717, 1.165) is 40.1 Å². The van der Waals surface area contributed by atoms with Crippen LogP contribution in [-0.4, -0.2) is 17.1 Å². The van der Waals surface area contributed by atoms with Gasteiger partial charge in [-0.3, -0.25) is 0 Å². The number of rotatable bonds is 6. The maximum Gasteiger partial charge on any atom is 0.148 e. The summed E-state index contributed by atoms with van der Waals surface area (Å²) >= 11 is 3.46. The second kappa shape index (κ2) is 7.24. The zero-order valence-corrected chi connectivity index (χ0v) is 13.6. The summed E-state index contributed by atoms with van der Waals surface area (Å²) in [6.07, 6.45) is 3.26. The maximum absolute atomic E-state index is 5.52. The fraction of sp³-hybridized carbons (Fsp3) is 0.286. The fourth-order valence-corrected chi connectivity index (χ4v) is 2.40. The van der Waals surface area contributed by atoms with Crippen molar-refractivity contribution in [1.29, 1.82) is 0 Å². The number of nitrogens with two attached hydrogens (primary N) is 1. The number of hydrogen-bond acceptors (Lipinski definition) is 6. The Balaban J connectivity index is 2.41. The summed E-state index contributed by atoms with van der Waals surface area (Å²) in [6, 6.07) is 5.74. The number of hydrogen-bond donors (Lipinski definition) is 3. The Hall–Kier alpha value is -1.86. The van der Waals surface area contributed by atoms with E-state index in [-0.39, 0.29) is 0 Å². The van der Waals surface area contributed by atoms with Crippen LogP contribution < -0.4 is 21.3 Å². The lowest BCUT2D eigenvalue weighted by Crippen LogP contribution is -2.13. The Bertz CT molecular complexity index is 620. The number of ether oxygens (including phenoxy) is 1. The summed E-state index contributed by atoms with van der Waals surface area (Å²) in [5, 5.41) is 3.29. The SMILES string of the molecule is CCCc1c(NN)ncnc1Nc1cc(Br)ccc1OC. The second-order valence-electron chi connectivity index (χ2n) is 4.41. The van der Waals surface area contributed by atoms with Crippen LogP contribution in [0.4, 0.5) is 17.3 Å². The van der Waals surface area contributed by atoms with E-state index in [9.17, 15) is 0 Å². The summed E-state index contributed by atoms with van der Waals surface area (Å²) in [6.45, 7) is 2.09. The highest BCUT2D eigenvalue weighted by atomic mass is 79.9. The lowest BCUT2D eigenvalue weighted by atomic mass is 10.1. The summed E-state index contributed by atoms with van der Waals surface area (Å²) < 4.78 is 6.31. The molecule has 1 aromatic carbocycles. The average molecular weight is 352 g/mol. The first-order chi connectivity index (χ1) is 10.2. The third-order valence-corrected chi connectivity index (χ3v) is 3.49. The number of nitrogens with zero attached hydrogens (tertiary/aromatic N) is 2. The van der Waals surface area contributed by atoms with Gasteiger partial charge in [-0.2, -0.15) is 0 Å². The number of anilines is 3. The lowest BCUT2D eigenvalue weighted by molar-refractivity contribution is 0.416. The number of halogens is 1. The average Bonchev–Trinajstić information content (AvgIpc) is 2.49. The van der Waals surface area contributed by atoms with Crippen LogP contribution in [0.5, 0.6) is 5.75 Å². The molecule has 7 heteroatoms. The summed E-state index contributed by atoms with van der Waals surface area (Å²) in [5.74, 6) is 7.61. The first-order valence-electron chi connectivity index (χ1n) is 6.60. The first kappa shape index (κ1) is 15.5. The van der Waals surface area contributed by atoms with Crippen molar-refractivity contribution < 1.29 is 4.74 Å². The molecule has 1 aromatic heterocycles. The molecule has 0 aliphatic heterocycles. The van der Waals surface area contributed by atoms with E-state index in [0.29, 0.717) is 5.82 Å². The Morgan fingerprint density at radius 2 is 2.05 bits per heavy atom. The highest BCUT2D eigenvalue weighted by molar-refractivity contribution is 9.10. The molecular weight excluding hydrogens is 334 g/mol. The number of nitrogens with one attached hydrogen (secondary N) is 2. The molecule has 0 amide bonds. The molecule has 0 aliphatic carbocycles. The topological polar surface area (TPSA) is 85.1 Å². The molecule has 21 heavy (non-hydrogen) atoms. The van der Waals surface area contributed by atoms with Gasteiger partial charge < -0.3 is 15.5 Å². The number of benzene rings is 1. The Labute approximate surface area is 132 Å². The van der Waals surface area contributed by atoms with Gasteiger partial charge in [0.2, 0.25) is 0 Å². The normalized spacial score (nSPS) is 10.3. The van der Waals surface area contributed by atoms with Gasteiger partial charge in [-0.05, 0) is 24.6 Å². The van der Waals surface area contributed by atoms with Crippen molar-refractivity contribution in [2.24, 2.45) is 5.84 Å². The van der Waals surface area contributed by atoms with Gasteiger partial charge in [-0.25, -0.2) is 15.8 Å². The smallest absolute Gasteiger partial charge is 0.148 e. The fourth-order valence-electron chi connectivity index (χ4n) is 2.04. The molecule has 0 unspecified atom stereocenters. The van der Waals surface area contributed by atoms with Crippen LogP contribution in [0.15, 0.2) is 29.0 Å². The molecular formula is C14H18BrN5O. The van der Waals surface area contributed by atoms with E-state index < -0.39 is 0 Å². The molecule has 0 spiro atoms. The quantitative estimate of drug-likeness (QED) is 0.547. The van der Waals surface area contributed by atoms with Crippen molar-refractivity contribution in [2.75, 3.05) is 17.9 Å². The molecule has 0 bridgehead atoms. The molecule has 0 radical (unpaired) electrons. The predicted molar refractivity (Wildman–Crippen MR) is 87.8 cm³/mol. The molecule has 0 saturated heterocycles. The molecule has 0 saturated carbocycles. The summed E-state index contributed by atoms with van der Waals surface area (Å²) in [4.78, 5) is 8.47.